The van der Waals surface area contributed by atoms with Gasteiger partial charge in [-0.3, -0.25) is 4.79 Å². The minimum atomic E-state index is -0.646. The molecule has 0 saturated carbocycles. The lowest BCUT2D eigenvalue weighted by Gasteiger charge is -2.15. The molecule has 23 heavy (non-hydrogen) atoms. The number of carbonyl (C=O) groups is 2. The predicted molar refractivity (Wildman–Crippen MR) is 83.2 cm³/mol. The summed E-state index contributed by atoms with van der Waals surface area (Å²) in [4.78, 5) is 24.6. The van der Waals surface area contributed by atoms with E-state index in [1.54, 1.807) is 26.2 Å². The van der Waals surface area contributed by atoms with Crippen LogP contribution < -0.4 is 11.1 Å². The Balaban J connectivity index is 2.03. The summed E-state index contributed by atoms with van der Waals surface area (Å²) in [5, 5.41) is 14.6. The van der Waals surface area contributed by atoms with Crippen LogP contribution in [0, 0.1) is 0 Å². The Kier molecular flexibility index (Phi) is 5.05. The fourth-order valence-electron chi connectivity index (χ4n) is 2.54. The van der Waals surface area contributed by atoms with Crippen molar-refractivity contribution < 1.29 is 19.5 Å². The smallest absolute Gasteiger partial charge is 0.408 e. The first-order valence-electron chi connectivity index (χ1n) is 7.17. The highest BCUT2D eigenvalue weighted by atomic mass is 16.6. The normalized spacial score (nSPS) is 16.6. The number of hydrogen-bond acceptors (Lipinski definition) is 5. The van der Waals surface area contributed by atoms with E-state index in [0.717, 1.165) is 11.1 Å². The molecule has 1 aliphatic rings. The molecule has 124 valence electrons. The number of nitrogens with two attached hydrogens (primary N) is 1. The number of nitrogens with zero attached hydrogens (tertiary/aromatic N) is 2. The number of nitrogens with one attached hydrogen (secondary N) is 1. The molecule has 1 aromatic rings. The van der Waals surface area contributed by atoms with Gasteiger partial charge in [0.15, 0.2) is 12.4 Å². The Labute approximate surface area is 133 Å². The van der Waals surface area contributed by atoms with Gasteiger partial charge in [0.1, 0.15) is 0 Å². The van der Waals surface area contributed by atoms with Crippen LogP contribution in [0.1, 0.15) is 29.2 Å². The molecule has 0 spiro atoms. The summed E-state index contributed by atoms with van der Waals surface area (Å²) >= 11 is 0. The number of fused-ring (bicyclic) bond motifs is 1. The third-order valence-corrected chi connectivity index (χ3v) is 3.77. The van der Waals surface area contributed by atoms with Crippen LogP contribution in [-0.2, 0) is 16.0 Å². The minimum Gasteiger partial charge on any atom is -0.439 e. The van der Waals surface area contributed by atoms with Gasteiger partial charge in [-0.25, -0.2) is 4.79 Å². The first kappa shape index (κ1) is 16.6. The summed E-state index contributed by atoms with van der Waals surface area (Å²) in [6.07, 6.45) is 0.734. The van der Waals surface area contributed by atoms with E-state index in [9.17, 15) is 9.59 Å². The minimum absolute atomic E-state index is 0.0432. The molecule has 0 radical (unpaired) electrons. The third kappa shape index (κ3) is 3.71. The van der Waals surface area contributed by atoms with Gasteiger partial charge in [0.25, 0.3) is 5.91 Å². The van der Waals surface area contributed by atoms with Crippen LogP contribution in [0.25, 0.3) is 0 Å². The number of oxime groups is 1. The molecule has 2 amide bonds. The largest absolute Gasteiger partial charge is 0.439 e. The highest BCUT2D eigenvalue weighted by Crippen LogP contribution is 2.33. The molecule has 0 aromatic heterocycles. The van der Waals surface area contributed by atoms with Crippen LogP contribution in [0.5, 0.6) is 0 Å². The van der Waals surface area contributed by atoms with E-state index in [2.05, 4.69) is 10.5 Å². The van der Waals surface area contributed by atoms with E-state index in [0.29, 0.717) is 18.4 Å². The Morgan fingerprint density at radius 1 is 1.48 bits per heavy atom. The van der Waals surface area contributed by atoms with Crippen molar-refractivity contribution in [1.29, 1.82) is 0 Å². The molecule has 1 atom stereocenters. The maximum atomic E-state index is 11.8. The van der Waals surface area contributed by atoms with Crippen LogP contribution in [-0.4, -0.2) is 48.6 Å². The van der Waals surface area contributed by atoms with Gasteiger partial charge in [0.05, 0.1) is 6.04 Å². The zero-order chi connectivity index (χ0) is 17.0. The summed E-state index contributed by atoms with van der Waals surface area (Å²) in [6.45, 7) is -0.303. The maximum absolute atomic E-state index is 11.8. The number of amides is 2. The lowest BCUT2D eigenvalue weighted by molar-refractivity contribution is -0.131. The van der Waals surface area contributed by atoms with Crippen molar-refractivity contribution in [3.8, 4) is 0 Å². The van der Waals surface area contributed by atoms with Crippen molar-refractivity contribution >= 4 is 17.8 Å². The zero-order valence-corrected chi connectivity index (χ0v) is 13.1. The monoisotopic (exact) mass is 320 g/mol. The Morgan fingerprint density at radius 3 is 2.87 bits per heavy atom. The van der Waals surface area contributed by atoms with Gasteiger partial charge in [-0.05, 0) is 24.0 Å². The van der Waals surface area contributed by atoms with Crippen molar-refractivity contribution in [2.75, 3.05) is 20.7 Å². The van der Waals surface area contributed by atoms with E-state index in [4.69, 9.17) is 15.7 Å². The number of rotatable bonds is 4. The number of alkyl carbamates (subject to hydrolysis) is 1. The molecule has 8 nitrogen and oxygen atoms in total. The summed E-state index contributed by atoms with van der Waals surface area (Å²) in [5.74, 6) is -0.247. The zero-order valence-electron chi connectivity index (χ0n) is 13.1. The highest BCUT2D eigenvalue weighted by Gasteiger charge is 2.27. The summed E-state index contributed by atoms with van der Waals surface area (Å²) < 4.78 is 4.91. The second-order valence-electron chi connectivity index (χ2n) is 5.46. The van der Waals surface area contributed by atoms with Crippen LogP contribution in [0.3, 0.4) is 0 Å². The van der Waals surface area contributed by atoms with E-state index >= 15 is 0 Å². The molecule has 0 saturated heterocycles. The van der Waals surface area contributed by atoms with Crippen molar-refractivity contribution in [3.05, 3.63) is 34.9 Å². The van der Waals surface area contributed by atoms with Crippen LogP contribution >= 0.6 is 0 Å². The second kappa shape index (κ2) is 6.99. The fourth-order valence-corrected chi connectivity index (χ4v) is 2.54. The molecule has 0 aliphatic heterocycles. The Morgan fingerprint density at radius 2 is 2.22 bits per heavy atom. The van der Waals surface area contributed by atoms with Gasteiger partial charge in [0.2, 0.25) is 0 Å². The number of ether oxygens (including phenoxy) is 1. The topological polar surface area (TPSA) is 117 Å². The van der Waals surface area contributed by atoms with E-state index in [1.165, 1.54) is 4.90 Å². The molecule has 1 aromatic carbocycles. The van der Waals surface area contributed by atoms with E-state index in [-0.39, 0.29) is 24.4 Å². The standard InChI is InChI=1S/C15H20N4O4/c1-19(2)13(20)8-23-15(21)17-12-7-6-9-10(12)4-3-5-11(9)14(16)18-22/h3-5,12,22H,6-8H2,1-2H3,(H2,16,18)(H,17,21). The third-order valence-electron chi connectivity index (χ3n) is 3.77. The van der Waals surface area contributed by atoms with Gasteiger partial charge in [-0.15, -0.1) is 0 Å². The van der Waals surface area contributed by atoms with E-state index in [1.807, 2.05) is 6.07 Å². The number of hydrogen-bond donors (Lipinski definition) is 3. The lowest BCUT2D eigenvalue weighted by Crippen LogP contribution is -2.33. The molecule has 4 N–H and O–H groups in total. The fraction of sp³-hybridized carbons (Fsp3) is 0.400. The van der Waals surface area contributed by atoms with Crippen LogP contribution in [0.4, 0.5) is 4.79 Å². The van der Waals surface area contributed by atoms with Gasteiger partial charge >= 0.3 is 6.09 Å². The molecular formula is C15H20N4O4. The first-order valence-corrected chi connectivity index (χ1v) is 7.17. The summed E-state index contributed by atoms with van der Waals surface area (Å²) in [6, 6.07) is 5.21. The quantitative estimate of drug-likeness (QED) is 0.325. The summed E-state index contributed by atoms with van der Waals surface area (Å²) in [7, 11) is 3.18. The average Bonchev–Trinajstić information content (AvgIpc) is 2.94. The van der Waals surface area contributed by atoms with Crippen molar-refractivity contribution in [1.82, 2.24) is 10.2 Å². The molecule has 1 unspecified atom stereocenters. The molecule has 0 fully saturated rings. The SMILES string of the molecule is CN(C)C(=O)COC(=O)NC1CCc2c(/C(N)=N/O)cccc21. The molecule has 1 aliphatic carbocycles. The average molecular weight is 320 g/mol. The van der Waals surface area contributed by atoms with Crippen LogP contribution in [0.15, 0.2) is 23.4 Å². The van der Waals surface area contributed by atoms with Gasteiger partial charge < -0.3 is 25.9 Å². The predicted octanol–water partition coefficient (Wildman–Crippen LogP) is 0.583. The first-order chi connectivity index (χ1) is 10.9. The Hall–Kier alpha value is -2.77. The molecule has 8 heteroatoms. The number of likely N-dealkylation sites (N-methyl/N-ethyl adjacent to an activating group) is 1. The second-order valence-corrected chi connectivity index (χ2v) is 5.46. The van der Waals surface area contributed by atoms with Crippen LogP contribution in [0.2, 0.25) is 0 Å². The molecular weight excluding hydrogens is 300 g/mol. The van der Waals surface area contributed by atoms with Crippen molar-refractivity contribution in [3.63, 3.8) is 0 Å². The van der Waals surface area contributed by atoms with Gasteiger partial charge in [-0.2, -0.15) is 0 Å². The van der Waals surface area contributed by atoms with Gasteiger partial charge in [0, 0.05) is 19.7 Å². The van der Waals surface area contributed by atoms with Gasteiger partial charge in [-0.1, -0.05) is 23.4 Å². The number of amidine groups is 1. The lowest BCUT2D eigenvalue weighted by atomic mass is 10.0. The molecule has 0 bridgehead atoms. The van der Waals surface area contributed by atoms with Crippen molar-refractivity contribution in [2.24, 2.45) is 10.9 Å². The Bertz CT molecular complexity index is 642. The van der Waals surface area contributed by atoms with E-state index < -0.39 is 6.09 Å². The highest BCUT2D eigenvalue weighted by molar-refractivity contribution is 5.99. The number of benzene rings is 1. The van der Waals surface area contributed by atoms with Crippen molar-refractivity contribution in [2.45, 2.75) is 18.9 Å². The molecule has 2 rings (SSSR count). The summed E-state index contributed by atoms with van der Waals surface area (Å²) in [5.41, 5.74) is 8.18. The maximum Gasteiger partial charge on any atom is 0.408 e. The number of carbonyl (C=O) groups excluding carboxylic acids is 2. The molecule has 0 heterocycles.